The van der Waals surface area contributed by atoms with E-state index in [1.165, 1.54) is 8.07 Å². The van der Waals surface area contributed by atoms with Gasteiger partial charge in [0.25, 0.3) is 0 Å². The van der Waals surface area contributed by atoms with Crippen molar-refractivity contribution in [2.45, 2.75) is 6.55 Å². The zero-order valence-corrected chi connectivity index (χ0v) is 21.9. The van der Waals surface area contributed by atoms with Crippen LogP contribution in [0.3, 0.4) is 0 Å². The number of rotatable bonds is 2. The molecule has 1 aromatic heterocycles. The highest BCUT2D eigenvalue weighted by Gasteiger charge is 2.45. The number of hydrogen-bond donors (Lipinski definition) is 1. The highest BCUT2D eigenvalue weighted by molar-refractivity contribution is 14.1. The molecule has 0 spiro atoms. The molecule has 0 saturated heterocycles. The maximum absolute atomic E-state index is 12.4. The minimum absolute atomic E-state index is 0.0102. The molecule has 1 unspecified atom stereocenters. The first-order valence-corrected chi connectivity index (χ1v) is 14.8. The van der Waals surface area contributed by atoms with Gasteiger partial charge in [-0.3, -0.25) is 4.79 Å². The summed E-state index contributed by atoms with van der Waals surface area (Å²) in [5, 5.41) is 14.3. The molecule has 1 N–H and O–H groups in total. The number of aliphatic imine (C=N–C) groups is 1. The number of fused-ring (bicyclic) bond motifs is 2. The molecule has 2 heterocycles. The number of phenols is 1. The number of nitrogens with zero attached hydrogens (tertiary/aromatic N) is 1. The largest absolute Gasteiger partial charge is 0.507 e. The Morgan fingerprint density at radius 3 is 2.53 bits per heavy atom. The van der Waals surface area contributed by atoms with Crippen LogP contribution in [0.4, 0.5) is 5.69 Å². The molecule has 0 amide bonds. The van der Waals surface area contributed by atoms with E-state index in [9.17, 15) is 9.90 Å². The Morgan fingerprint density at radius 2 is 1.83 bits per heavy atom. The van der Waals surface area contributed by atoms with Crippen LogP contribution in [-0.2, 0) is 4.79 Å². The lowest BCUT2D eigenvalue weighted by Crippen LogP contribution is -2.61. The van der Waals surface area contributed by atoms with E-state index in [1.807, 2.05) is 30.3 Å². The van der Waals surface area contributed by atoms with Crippen molar-refractivity contribution in [3.8, 4) is 16.2 Å². The van der Waals surface area contributed by atoms with Crippen LogP contribution in [0, 0.1) is 6.45 Å². The number of ketones is 1. The number of aromatic hydroxyl groups is 1. The lowest BCUT2D eigenvalue weighted by molar-refractivity contribution is -0.110. The molecule has 3 nitrogen and oxygen atoms in total. The summed E-state index contributed by atoms with van der Waals surface area (Å²) in [6.45, 7) is 2.27. The maximum atomic E-state index is 12.4. The van der Waals surface area contributed by atoms with Gasteiger partial charge in [-0.05, 0) is 97.2 Å². The Kier molecular flexibility index (Phi) is 5.11. The number of thiophene rings is 1. The molecule has 2 aliphatic rings. The Morgan fingerprint density at radius 1 is 1.07 bits per heavy atom. The molecule has 148 valence electrons. The molecular formula is C23H15I2NO2SSi. The maximum Gasteiger partial charge on any atom is 0.178 e. The van der Waals surface area contributed by atoms with E-state index in [-0.39, 0.29) is 11.5 Å². The summed E-state index contributed by atoms with van der Waals surface area (Å²) in [4.78, 5) is 18.4. The molecule has 1 aliphatic carbocycles. The second kappa shape index (κ2) is 7.54. The second-order valence-electron chi connectivity index (χ2n) is 7.36. The van der Waals surface area contributed by atoms with E-state index >= 15 is 0 Å². The molecule has 0 radical (unpaired) electrons. The van der Waals surface area contributed by atoms with Crippen LogP contribution < -0.4 is 10.4 Å². The van der Waals surface area contributed by atoms with Crippen molar-refractivity contribution in [1.82, 2.24) is 0 Å². The van der Waals surface area contributed by atoms with Gasteiger partial charge in [-0.15, -0.1) is 11.3 Å². The van der Waals surface area contributed by atoms with Crippen molar-refractivity contribution in [3.63, 3.8) is 0 Å². The van der Waals surface area contributed by atoms with E-state index in [2.05, 4.69) is 69.9 Å². The third-order valence-corrected chi connectivity index (χ3v) is 13.2. The first-order valence-electron chi connectivity index (χ1n) is 9.30. The van der Waals surface area contributed by atoms with Crippen molar-refractivity contribution in [1.29, 1.82) is 0 Å². The number of allylic oxidation sites excluding steroid dienone is 4. The van der Waals surface area contributed by atoms with Crippen molar-refractivity contribution in [2.24, 2.45) is 4.99 Å². The third-order valence-electron chi connectivity index (χ3n) is 5.64. The van der Waals surface area contributed by atoms with Gasteiger partial charge in [-0.25, -0.2) is 4.99 Å². The molecule has 3 aromatic rings. The normalized spacial score (nSPS) is 19.8. The highest BCUT2D eigenvalue weighted by Crippen LogP contribution is 2.43. The monoisotopic (exact) mass is 651 g/mol. The van der Waals surface area contributed by atoms with E-state index < -0.39 is 8.07 Å². The van der Waals surface area contributed by atoms with Crippen LogP contribution in [0.2, 0.25) is 6.55 Å². The van der Waals surface area contributed by atoms with Crippen molar-refractivity contribution < 1.29 is 9.90 Å². The van der Waals surface area contributed by atoms with E-state index in [1.54, 1.807) is 29.6 Å². The van der Waals surface area contributed by atoms with Crippen molar-refractivity contribution in [2.75, 3.05) is 0 Å². The molecule has 30 heavy (non-hydrogen) atoms. The zero-order valence-electron chi connectivity index (χ0n) is 15.8. The molecule has 0 saturated carbocycles. The predicted molar refractivity (Wildman–Crippen MR) is 144 cm³/mol. The van der Waals surface area contributed by atoms with Crippen LogP contribution in [0.15, 0.2) is 76.9 Å². The molecule has 1 aliphatic heterocycles. The topological polar surface area (TPSA) is 49.7 Å². The van der Waals surface area contributed by atoms with Crippen LogP contribution in [0.1, 0.15) is 0 Å². The summed E-state index contributed by atoms with van der Waals surface area (Å²) in [7, 11) is -2.61. The van der Waals surface area contributed by atoms with Crippen LogP contribution >= 0.6 is 56.5 Å². The van der Waals surface area contributed by atoms with Crippen molar-refractivity contribution in [3.05, 3.63) is 78.4 Å². The fourth-order valence-corrected chi connectivity index (χ4v) is 12.1. The van der Waals surface area contributed by atoms with Crippen molar-refractivity contribution >= 4 is 92.1 Å². The summed E-state index contributed by atoms with van der Waals surface area (Å²) < 4.78 is 2.28. The molecule has 2 aromatic carbocycles. The number of hydrogen-bond acceptors (Lipinski definition) is 4. The minimum Gasteiger partial charge on any atom is -0.507 e. The number of carbonyl (C=O) groups excluding carboxylic acids is 1. The lowest BCUT2D eigenvalue weighted by atomic mass is 10.1. The summed E-state index contributed by atoms with van der Waals surface area (Å²) in [5.41, 5.74) is 2.59. The summed E-state index contributed by atoms with van der Waals surface area (Å²) in [5.74, 6) is 0.250. The molecule has 0 bridgehead atoms. The van der Waals surface area contributed by atoms with E-state index in [0.717, 1.165) is 35.8 Å². The van der Waals surface area contributed by atoms with Gasteiger partial charge in [-0.2, -0.15) is 0 Å². The fourth-order valence-electron chi connectivity index (χ4n) is 4.27. The number of phenolic OH excluding ortho intramolecular Hbond substituents is 1. The van der Waals surface area contributed by atoms with Gasteiger partial charge in [0.15, 0.2) is 13.9 Å². The second-order valence-corrected chi connectivity index (χ2v) is 15.3. The van der Waals surface area contributed by atoms with Gasteiger partial charge in [0.05, 0.1) is 19.2 Å². The molecule has 5 rings (SSSR count). The standard InChI is InChI=1S/C23H15I2NO2SSi/c1-30(14-5-3-2-4-6-14)19-11-13(27)7-8-16(19)26-17-9-10-18(28)21(23(17)30)22-15(24)12-20(25)29-22/h2-12,28H,1H3. The summed E-state index contributed by atoms with van der Waals surface area (Å²) >= 11 is 6.33. The molecule has 1 atom stereocenters. The SMILES string of the molecule is C[Si]1(c2ccccc2)C2=CC(=O)C=CC2=Nc2ccc(O)c(-c3sc(I)cc3I)c21. The Labute approximate surface area is 206 Å². The predicted octanol–water partition coefficient (Wildman–Crippen LogP) is 5.21. The van der Waals surface area contributed by atoms with E-state index in [0.29, 0.717) is 0 Å². The average Bonchev–Trinajstić information content (AvgIpc) is 3.07. The van der Waals surface area contributed by atoms with Gasteiger partial charge >= 0.3 is 0 Å². The van der Waals surface area contributed by atoms with Gasteiger partial charge in [0.1, 0.15) is 5.75 Å². The fraction of sp³-hybridized carbons (Fsp3) is 0.0435. The molecule has 7 heteroatoms. The Balaban J connectivity index is 1.94. The van der Waals surface area contributed by atoms with Crippen LogP contribution in [0.25, 0.3) is 10.4 Å². The zero-order chi connectivity index (χ0) is 21.0. The first-order chi connectivity index (χ1) is 14.4. The Bertz CT molecular complexity index is 1310. The summed E-state index contributed by atoms with van der Waals surface area (Å²) in [6.07, 6.45) is 5.16. The minimum atomic E-state index is -2.61. The quantitative estimate of drug-likeness (QED) is 0.235. The highest BCUT2D eigenvalue weighted by atomic mass is 127. The van der Waals surface area contributed by atoms with Crippen LogP contribution in [0.5, 0.6) is 5.75 Å². The number of benzene rings is 2. The lowest BCUT2D eigenvalue weighted by Gasteiger charge is -2.38. The van der Waals surface area contributed by atoms with Gasteiger partial charge in [0, 0.05) is 9.13 Å². The first kappa shape index (κ1) is 20.3. The van der Waals surface area contributed by atoms with Gasteiger partial charge in [-0.1, -0.05) is 36.9 Å². The Hall–Kier alpha value is -1.56. The third kappa shape index (κ3) is 3.09. The number of halogens is 2. The smallest absolute Gasteiger partial charge is 0.178 e. The van der Waals surface area contributed by atoms with Gasteiger partial charge < -0.3 is 5.11 Å². The van der Waals surface area contributed by atoms with Gasteiger partial charge in [0.2, 0.25) is 0 Å². The van der Waals surface area contributed by atoms with E-state index in [4.69, 9.17) is 4.99 Å². The average molecular weight is 651 g/mol. The van der Waals surface area contributed by atoms with Crippen LogP contribution in [-0.4, -0.2) is 24.7 Å². The number of carbonyl (C=O) groups is 1. The molecular weight excluding hydrogens is 636 g/mol. The summed E-state index contributed by atoms with van der Waals surface area (Å²) in [6, 6.07) is 16.1. The molecule has 0 fully saturated rings.